The highest BCUT2D eigenvalue weighted by Gasteiger charge is 2.33. The molecule has 0 saturated heterocycles. The van der Waals surface area contributed by atoms with Gasteiger partial charge in [0.25, 0.3) is 0 Å². The molecule has 0 aliphatic carbocycles. The van der Waals surface area contributed by atoms with Crippen molar-refractivity contribution in [3.63, 3.8) is 0 Å². The van der Waals surface area contributed by atoms with E-state index in [-0.39, 0.29) is 5.41 Å². The van der Waals surface area contributed by atoms with E-state index in [9.17, 15) is 5.11 Å². The van der Waals surface area contributed by atoms with Crippen LogP contribution in [0.5, 0.6) is 5.75 Å². The van der Waals surface area contributed by atoms with Crippen LogP contribution in [-0.4, -0.2) is 25.0 Å². The van der Waals surface area contributed by atoms with E-state index in [1.807, 2.05) is 12.1 Å². The van der Waals surface area contributed by atoms with E-state index in [0.717, 1.165) is 17.3 Å². The first-order valence-electron chi connectivity index (χ1n) is 8.22. The second-order valence-corrected chi connectivity index (χ2v) is 12.3. The number of hydrogen-bond acceptors (Lipinski definition) is 2. The van der Waals surface area contributed by atoms with Crippen LogP contribution in [-0.2, 0) is 12.0 Å². The van der Waals surface area contributed by atoms with Gasteiger partial charge in [-0.05, 0) is 28.8 Å². The molecule has 3 heteroatoms. The molecule has 0 heterocycles. The zero-order valence-electron chi connectivity index (χ0n) is 15.2. The molecular weight excluding hydrogens is 298 g/mol. The summed E-state index contributed by atoms with van der Waals surface area (Å²) in [6, 6.07) is 16.7. The lowest BCUT2D eigenvalue weighted by Crippen LogP contribution is -2.55. The van der Waals surface area contributed by atoms with Crippen molar-refractivity contribution in [2.24, 2.45) is 0 Å². The molecule has 0 radical (unpaired) electrons. The Morgan fingerprint density at radius 1 is 0.957 bits per heavy atom. The predicted octanol–water partition coefficient (Wildman–Crippen LogP) is 4.23. The van der Waals surface area contributed by atoms with Crippen molar-refractivity contribution in [1.29, 1.82) is 0 Å². The van der Waals surface area contributed by atoms with Gasteiger partial charge in [0.15, 0.2) is 8.24 Å². The van der Waals surface area contributed by atoms with E-state index >= 15 is 0 Å². The number of nitrogens with zero attached hydrogens (tertiary/aromatic N) is 1. The second-order valence-electron chi connectivity index (χ2n) is 7.85. The Balaban J connectivity index is 2.36. The van der Waals surface area contributed by atoms with Crippen molar-refractivity contribution in [3.8, 4) is 5.75 Å². The summed E-state index contributed by atoms with van der Waals surface area (Å²) in [7, 11) is 0.232. The molecule has 2 aromatic carbocycles. The van der Waals surface area contributed by atoms with E-state index in [1.54, 1.807) is 0 Å². The molecule has 0 unspecified atom stereocenters. The van der Waals surface area contributed by atoms with Crippen molar-refractivity contribution in [2.45, 2.75) is 45.8 Å². The summed E-state index contributed by atoms with van der Waals surface area (Å²) >= 11 is 0. The molecule has 0 saturated carbocycles. The van der Waals surface area contributed by atoms with Gasteiger partial charge in [0.1, 0.15) is 5.75 Å². The highest BCUT2D eigenvalue weighted by Crippen LogP contribution is 2.31. The molecule has 0 fully saturated rings. The summed E-state index contributed by atoms with van der Waals surface area (Å²) in [5.41, 5.74) is 2.29. The van der Waals surface area contributed by atoms with Gasteiger partial charge in [0.2, 0.25) is 0 Å². The van der Waals surface area contributed by atoms with Gasteiger partial charge < -0.3 is 9.67 Å². The Hall–Kier alpha value is -1.58. The van der Waals surface area contributed by atoms with Crippen molar-refractivity contribution >= 4 is 13.4 Å². The monoisotopic (exact) mass is 327 g/mol. The smallest absolute Gasteiger partial charge is 0.158 e. The normalized spacial score (nSPS) is 12.7. The van der Waals surface area contributed by atoms with Gasteiger partial charge in [0, 0.05) is 6.54 Å². The summed E-state index contributed by atoms with van der Waals surface area (Å²) in [6.45, 7) is 11.9. The standard InChI is InChI=1S/C20H29NOSi/c1-20(2,3)17-13-10-14-18(19(17)22)23(5,6)21(4)15-16-11-8-7-9-12-16/h7-14,22H,15H2,1-6H3. The topological polar surface area (TPSA) is 23.5 Å². The third-order valence-electron chi connectivity index (χ3n) is 4.72. The average molecular weight is 328 g/mol. The number of phenols is 1. The van der Waals surface area contributed by atoms with Crippen molar-refractivity contribution in [3.05, 3.63) is 59.7 Å². The number of rotatable bonds is 4. The third-order valence-corrected chi connectivity index (χ3v) is 8.51. The maximum absolute atomic E-state index is 10.9. The van der Waals surface area contributed by atoms with Crippen LogP contribution in [0.1, 0.15) is 31.9 Å². The zero-order chi connectivity index (χ0) is 17.3. The second kappa shape index (κ2) is 6.50. The van der Waals surface area contributed by atoms with Crippen molar-refractivity contribution in [1.82, 2.24) is 4.57 Å². The Morgan fingerprint density at radius 2 is 1.57 bits per heavy atom. The van der Waals surface area contributed by atoms with Gasteiger partial charge in [-0.15, -0.1) is 0 Å². The molecule has 124 valence electrons. The van der Waals surface area contributed by atoms with Gasteiger partial charge in [-0.2, -0.15) is 0 Å². The number of hydrogen-bond donors (Lipinski definition) is 1. The van der Waals surface area contributed by atoms with E-state index in [0.29, 0.717) is 5.75 Å². The summed E-state index contributed by atoms with van der Waals surface area (Å²) in [5.74, 6) is 0.483. The van der Waals surface area contributed by atoms with Crippen LogP contribution < -0.4 is 5.19 Å². The minimum Gasteiger partial charge on any atom is -0.508 e. The molecule has 0 spiro atoms. The molecule has 2 nitrogen and oxygen atoms in total. The SMILES string of the molecule is CN(Cc1ccccc1)[Si](C)(C)c1cccc(C(C)(C)C)c1O. The Bertz CT molecular complexity index is 659. The molecule has 0 aliphatic rings. The number of aromatic hydroxyl groups is 1. The lowest BCUT2D eigenvalue weighted by atomic mass is 9.86. The van der Waals surface area contributed by atoms with E-state index in [4.69, 9.17) is 0 Å². The summed E-state index contributed by atoms with van der Waals surface area (Å²) in [4.78, 5) is 0. The quantitative estimate of drug-likeness (QED) is 0.849. The van der Waals surface area contributed by atoms with Crippen LogP contribution in [0, 0.1) is 0 Å². The maximum Gasteiger partial charge on any atom is 0.158 e. The lowest BCUT2D eigenvalue weighted by Gasteiger charge is -2.36. The Kier molecular flexibility index (Phi) is 5.02. The molecule has 0 atom stereocenters. The Labute approximate surface area is 141 Å². The van der Waals surface area contributed by atoms with Crippen LogP contribution in [0.3, 0.4) is 0 Å². The van der Waals surface area contributed by atoms with E-state index < -0.39 is 8.24 Å². The maximum atomic E-state index is 10.9. The highest BCUT2D eigenvalue weighted by molar-refractivity contribution is 6.88. The molecule has 0 amide bonds. The first kappa shape index (κ1) is 17.8. The van der Waals surface area contributed by atoms with Gasteiger partial charge in [-0.25, -0.2) is 0 Å². The fourth-order valence-electron chi connectivity index (χ4n) is 2.90. The van der Waals surface area contributed by atoms with Crippen LogP contribution in [0.25, 0.3) is 0 Å². The van der Waals surface area contributed by atoms with Crippen LogP contribution in [0.15, 0.2) is 48.5 Å². The van der Waals surface area contributed by atoms with Crippen LogP contribution in [0.2, 0.25) is 13.1 Å². The fourth-order valence-corrected chi connectivity index (χ4v) is 5.11. The molecule has 0 bridgehead atoms. The largest absolute Gasteiger partial charge is 0.508 e. The molecule has 0 aromatic heterocycles. The molecular formula is C20H29NOSi. The van der Waals surface area contributed by atoms with E-state index in [2.05, 4.69) is 81.9 Å². The molecule has 23 heavy (non-hydrogen) atoms. The highest BCUT2D eigenvalue weighted by atomic mass is 28.3. The predicted molar refractivity (Wildman–Crippen MR) is 102 cm³/mol. The minimum absolute atomic E-state index is 0.0530. The molecule has 0 aliphatic heterocycles. The zero-order valence-corrected chi connectivity index (χ0v) is 16.2. The average Bonchev–Trinajstić information content (AvgIpc) is 2.47. The van der Waals surface area contributed by atoms with Crippen LogP contribution in [0.4, 0.5) is 0 Å². The summed E-state index contributed by atoms with van der Waals surface area (Å²) in [5, 5.41) is 12.0. The van der Waals surface area contributed by atoms with Gasteiger partial charge in [-0.1, -0.05) is 82.4 Å². The summed E-state index contributed by atoms with van der Waals surface area (Å²) < 4.78 is 2.42. The van der Waals surface area contributed by atoms with E-state index in [1.165, 1.54) is 5.56 Å². The van der Waals surface area contributed by atoms with Gasteiger partial charge >= 0.3 is 0 Å². The Morgan fingerprint density at radius 3 is 2.13 bits per heavy atom. The number of para-hydroxylation sites is 1. The molecule has 1 N–H and O–H groups in total. The first-order chi connectivity index (χ1) is 10.6. The number of phenolic OH excluding ortho intramolecular Hbond substituents is 1. The summed E-state index contributed by atoms with van der Waals surface area (Å²) in [6.07, 6.45) is 0. The molecule has 2 rings (SSSR count). The van der Waals surface area contributed by atoms with Crippen molar-refractivity contribution in [2.75, 3.05) is 7.05 Å². The van der Waals surface area contributed by atoms with Gasteiger partial charge in [-0.3, -0.25) is 0 Å². The lowest BCUT2D eigenvalue weighted by molar-refractivity contribution is 0.447. The van der Waals surface area contributed by atoms with Crippen LogP contribution >= 0.6 is 0 Å². The molecule has 2 aromatic rings. The first-order valence-corrected chi connectivity index (χ1v) is 11.2. The van der Waals surface area contributed by atoms with Gasteiger partial charge in [0.05, 0.1) is 0 Å². The number of benzene rings is 2. The third kappa shape index (κ3) is 3.85. The van der Waals surface area contributed by atoms with Crippen molar-refractivity contribution < 1.29 is 5.11 Å². The minimum atomic E-state index is -1.94. The fraction of sp³-hybridized carbons (Fsp3) is 0.400.